The Balaban J connectivity index is 2.26. The fraction of sp³-hybridized carbons (Fsp3) is 0.875. The van der Waals surface area contributed by atoms with Crippen LogP contribution in [-0.2, 0) is 4.74 Å². The second kappa shape index (κ2) is 4.26. The predicted octanol–water partition coefficient (Wildman–Crippen LogP) is 1.48. The number of amidine groups is 1. The highest BCUT2D eigenvalue weighted by molar-refractivity contribution is 5.80. The van der Waals surface area contributed by atoms with Gasteiger partial charge in [0.25, 0.3) is 0 Å². The SMILES string of the molecule is NC(CC1(COCC(F)(F)F)CC1)=NO. The molecular weight excluding hydrogens is 213 g/mol. The first-order chi connectivity index (χ1) is 6.87. The van der Waals surface area contributed by atoms with Crippen molar-refractivity contribution < 1.29 is 23.1 Å². The largest absolute Gasteiger partial charge is 0.411 e. The molecular formula is C8H13F3N2O2. The summed E-state index contributed by atoms with van der Waals surface area (Å²) in [4.78, 5) is 0. The number of alkyl halides is 3. The molecule has 0 unspecified atom stereocenters. The fourth-order valence-electron chi connectivity index (χ4n) is 1.35. The molecule has 1 aliphatic carbocycles. The molecule has 1 saturated carbocycles. The lowest BCUT2D eigenvalue weighted by Crippen LogP contribution is -2.24. The molecule has 1 aliphatic rings. The van der Waals surface area contributed by atoms with Crippen molar-refractivity contribution in [1.82, 2.24) is 0 Å². The lowest BCUT2D eigenvalue weighted by molar-refractivity contribution is -0.177. The van der Waals surface area contributed by atoms with Crippen LogP contribution in [0.5, 0.6) is 0 Å². The van der Waals surface area contributed by atoms with Crippen LogP contribution in [0, 0.1) is 5.41 Å². The van der Waals surface area contributed by atoms with Gasteiger partial charge < -0.3 is 15.7 Å². The highest BCUT2D eigenvalue weighted by Gasteiger charge is 2.44. The van der Waals surface area contributed by atoms with Crippen molar-refractivity contribution in [3.05, 3.63) is 0 Å². The first kappa shape index (κ1) is 12.1. The van der Waals surface area contributed by atoms with E-state index >= 15 is 0 Å². The highest BCUT2D eigenvalue weighted by atomic mass is 19.4. The number of rotatable bonds is 5. The van der Waals surface area contributed by atoms with Gasteiger partial charge in [0, 0.05) is 11.8 Å². The van der Waals surface area contributed by atoms with Crippen molar-refractivity contribution in [3.8, 4) is 0 Å². The number of oxime groups is 1. The number of nitrogens with two attached hydrogens (primary N) is 1. The average molecular weight is 226 g/mol. The Morgan fingerprint density at radius 3 is 2.47 bits per heavy atom. The number of nitrogens with zero attached hydrogens (tertiary/aromatic N) is 1. The Kier molecular flexibility index (Phi) is 3.43. The topological polar surface area (TPSA) is 67.8 Å². The van der Waals surface area contributed by atoms with E-state index in [0.717, 1.165) is 12.8 Å². The predicted molar refractivity (Wildman–Crippen MR) is 46.6 cm³/mol. The minimum Gasteiger partial charge on any atom is -0.409 e. The fourth-order valence-corrected chi connectivity index (χ4v) is 1.35. The van der Waals surface area contributed by atoms with Crippen LogP contribution in [0.2, 0.25) is 0 Å². The third-order valence-corrected chi connectivity index (χ3v) is 2.32. The lowest BCUT2D eigenvalue weighted by atomic mass is 10.0. The van der Waals surface area contributed by atoms with Crippen LogP contribution >= 0.6 is 0 Å². The van der Waals surface area contributed by atoms with E-state index in [9.17, 15) is 13.2 Å². The summed E-state index contributed by atoms with van der Waals surface area (Å²) in [6, 6.07) is 0. The molecule has 0 atom stereocenters. The summed E-state index contributed by atoms with van der Waals surface area (Å²) in [5, 5.41) is 11.1. The molecule has 0 radical (unpaired) electrons. The van der Waals surface area contributed by atoms with Gasteiger partial charge in [-0.15, -0.1) is 0 Å². The molecule has 0 amide bonds. The summed E-state index contributed by atoms with van der Waals surface area (Å²) >= 11 is 0. The van der Waals surface area contributed by atoms with E-state index in [1.807, 2.05) is 0 Å². The minimum absolute atomic E-state index is 0.00271. The highest BCUT2D eigenvalue weighted by Crippen LogP contribution is 2.49. The maximum absolute atomic E-state index is 11.8. The van der Waals surface area contributed by atoms with Gasteiger partial charge in [-0.05, 0) is 12.8 Å². The van der Waals surface area contributed by atoms with Crippen LogP contribution in [0.1, 0.15) is 19.3 Å². The van der Waals surface area contributed by atoms with Gasteiger partial charge in [-0.25, -0.2) is 0 Å². The average Bonchev–Trinajstić information content (AvgIpc) is 2.83. The molecule has 0 aromatic carbocycles. The van der Waals surface area contributed by atoms with Gasteiger partial charge in [0.05, 0.1) is 6.61 Å². The van der Waals surface area contributed by atoms with Gasteiger partial charge in [-0.2, -0.15) is 13.2 Å². The molecule has 0 bridgehead atoms. The number of ether oxygens (including phenoxy) is 1. The molecule has 0 aromatic heterocycles. The number of hydrogen-bond donors (Lipinski definition) is 2. The molecule has 1 rings (SSSR count). The first-order valence-electron chi connectivity index (χ1n) is 4.48. The van der Waals surface area contributed by atoms with Gasteiger partial charge in [0.1, 0.15) is 12.4 Å². The van der Waals surface area contributed by atoms with Crippen LogP contribution in [0.3, 0.4) is 0 Å². The number of halogens is 3. The molecule has 0 aromatic rings. The van der Waals surface area contributed by atoms with Crippen molar-refractivity contribution >= 4 is 5.84 Å². The summed E-state index contributed by atoms with van der Waals surface area (Å²) in [6.07, 6.45) is -2.52. The maximum atomic E-state index is 11.8. The van der Waals surface area contributed by atoms with Crippen LogP contribution in [-0.4, -0.2) is 30.4 Å². The molecule has 88 valence electrons. The third kappa shape index (κ3) is 4.37. The van der Waals surface area contributed by atoms with Gasteiger partial charge in [-0.1, -0.05) is 5.16 Å². The summed E-state index contributed by atoms with van der Waals surface area (Å²) in [7, 11) is 0. The summed E-state index contributed by atoms with van der Waals surface area (Å²) < 4.78 is 39.9. The van der Waals surface area contributed by atoms with E-state index in [-0.39, 0.29) is 24.3 Å². The zero-order valence-electron chi connectivity index (χ0n) is 8.05. The van der Waals surface area contributed by atoms with Crippen LogP contribution in [0.15, 0.2) is 5.16 Å². The van der Waals surface area contributed by atoms with E-state index in [2.05, 4.69) is 9.89 Å². The third-order valence-electron chi connectivity index (χ3n) is 2.32. The molecule has 0 spiro atoms. The van der Waals surface area contributed by atoms with E-state index in [4.69, 9.17) is 10.9 Å². The van der Waals surface area contributed by atoms with Crippen LogP contribution in [0.4, 0.5) is 13.2 Å². The van der Waals surface area contributed by atoms with Crippen molar-refractivity contribution in [2.75, 3.05) is 13.2 Å². The second-order valence-electron chi connectivity index (χ2n) is 3.88. The smallest absolute Gasteiger partial charge is 0.409 e. The van der Waals surface area contributed by atoms with E-state index in [1.165, 1.54) is 0 Å². The summed E-state index contributed by atoms with van der Waals surface area (Å²) in [5.41, 5.74) is 4.93. The Morgan fingerprint density at radius 1 is 1.47 bits per heavy atom. The lowest BCUT2D eigenvalue weighted by Gasteiger charge is -2.15. The Bertz CT molecular complexity index is 249. The molecule has 1 fully saturated rings. The zero-order valence-corrected chi connectivity index (χ0v) is 8.05. The molecule has 0 saturated heterocycles. The Morgan fingerprint density at radius 2 is 2.07 bits per heavy atom. The van der Waals surface area contributed by atoms with Crippen LogP contribution < -0.4 is 5.73 Å². The number of hydrogen-bond acceptors (Lipinski definition) is 3. The van der Waals surface area contributed by atoms with Gasteiger partial charge in [0.15, 0.2) is 0 Å². The minimum atomic E-state index is -4.30. The van der Waals surface area contributed by atoms with Gasteiger partial charge in [-0.3, -0.25) is 0 Å². The molecule has 4 nitrogen and oxygen atoms in total. The van der Waals surface area contributed by atoms with E-state index in [0.29, 0.717) is 0 Å². The quantitative estimate of drug-likeness (QED) is 0.323. The van der Waals surface area contributed by atoms with Gasteiger partial charge >= 0.3 is 6.18 Å². The normalized spacial score (nSPS) is 20.3. The molecule has 3 N–H and O–H groups in total. The van der Waals surface area contributed by atoms with E-state index in [1.54, 1.807) is 0 Å². The summed E-state index contributed by atoms with van der Waals surface area (Å²) in [5.74, 6) is 0.0307. The molecule has 7 heteroatoms. The first-order valence-corrected chi connectivity index (χ1v) is 4.48. The van der Waals surface area contributed by atoms with E-state index < -0.39 is 12.8 Å². The van der Waals surface area contributed by atoms with Crippen molar-refractivity contribution in [3.63, 3.8) is 0 Å². The second-order valence-corrected chi connectivity index (χ2v) is 3.88. The van der Waals surface area contributed by atoms with Crippen molar-refractivity contribution in [2.45, 2.75) is 25.4 Å². The Hall–Kier alpha value is -0.980. The molecule has 15 heavy (non-hydrogen) atoms. The van der Waals surface area contributed by atoms with Crippen molar-refractivity contribution in [1.29, 1.82) is 0 Å². The standard InChI is InChI=1S/C8H13F3N2O2/c9-8(10,11)5-15-4-7(1-2-7)3-6(12)13-14/h14H,1-5H2,(H2,12,13). The zero-order chi connectivity index (χ0) is 11.5. The van der Waals surface area contributed by atoms with Gasteiger partial charge in [0.2, 0.25) is 0 Å². The van der Waals surface area contributed by atoms with Crippen LogP contribution in [0.25, 0.3) is 0 Å². The maximum Gasteiger partial charge on any atom is 0.411 e. The van der Waals surface area contributed by atoms with Crippen molar-refractivity contribution in [2.24, 2.45) is 16.3 Å². The Labute approximate surface area is 84.9 Å². The molecule has 0 aliphatic heterocycles. The molecule has 0 heterocycles. The monoisotopic (exact) mass is 226 g/mol. The summed E-state index contributed by atoms with van der Waals surface area (Å²) in [6.45, 7) is -1.24.